The predicted molar refractivity (Wildman–Crippen MR) is 108 cm³/mol. The van der Waals surface area contributed by atoms with Gasteiger partial charge in [-0.25, -0.2) is 9.59 Å². The van der Waals surface area contributed by atoms with Gasteiger partial charge in [0.15, 0.2) is 5.84 Å². The van der Waals surface area contributed by atoms with E-state index in [1.807, 2.05) is 0 Å². The molecule has 148 valence electrons. The smallest absolute Gasteiger partial charge is 0.344 e. The molecule has 0 spiro atoms. The molecule has 0 aliphatic carbocycles. The first-order valence-electron chi connectivity index (χ1n) is 8.08. The number of rotatable bonds is 8. The highest BCUT2D eigenvalue weighted by Gasteiger charge is 2.18. The minimum atomic E-state index is -1.20. The van der Waals surface area contributed by atoms with Crippen LogP contribution in [0.1, 0.15) is 5.56 Å². The highest BCUT2D eigenvalue weighted by atomic mass is 35.5. The third kappa shape index (κ3) is 7.34. The van der Waals surface area contributed by atoms with Crippen molar-refractivity contribution in [3.63, 3.8) is 0 Å². The second-order valence-corrected chi connectivity index (χ2v) is 6.54. The Labute approximate surface area is 171 Å². The Kier molecular flexibility index (Phi) is 7.91. The molecule has 2 aromatic rings. The van der Waals surface area contributed by atoms with E-state index in [1.165, 1.54) is 0 Å². The van der Waals surface area contributed by atoms with E-state index in [2.05, 4.69) is 20.6 Å². The first kappa shape index (κ1) is 21.3. The second kappa shape index (κ2) is 10.4. The molecule has 0 saturated carbocycles. The van der Waals surface area contributed by atoms with Gasteiger partial charge >= 0.3 is 12.0 Å². The molecule has 10 heteroatoms. The minimum Gasteiger partial charge on any atom is -0.479 e. The third-order valence-electron chi connectivity index (χ3n) is 3.48. The Bertz CT molecular complexity index is 842. The van der Waals surface area contributed by atoms with Crippen LogP contribution in [0.4, 0.5) is 10.5 Å². The fraction of sp³-hybridized carbons (Fsp3) is 0.167. The molecule has 2 amide bonds. The van der Waals surface area contributed by atoms with Crippen LogP contribution in [0.5, 0.6) is 0 Å². The summed E-state index contributed by atoms with van der Waals surface area (Å²) < 4.78 is 0. The lowest BCUT2D eigenvalue weighted by atomic mass is 10.1. The van der Waals surface area contributed by atoms with Gasteiger partial charge in [-0.05, 0) is 42.0 Å². The number of carboxylic acid groups (broad SMARTS) is 1. The lowest BCUT2D eigenvalue weighted by Crippen LogP contribution is -2.47. The van der Waals surface area contributed by atoms with Gasteiger partial charge in [0.25, 0.3) is 0 Å². The number of anilines is 1. The van der Waals surface area contributed by atoms with Crippen molar-refractivity contribution in [3.8, 4) is 0 Å². The molecule has 1 atom stereocenters. The minimum absolute atomic E-state index is 0.0811. The lowest BCUT2D eigenvalue weighted by Gasteiger charge is -2.18. The Hall–Kier alpha value is -2.97. The average molecular weight is 425 g/mol. The van der Waals surface area contributed by atoms with E-state index in [0.717, 1.165) is 5.56 Å². The summed E-state index contributed by atoms with van der Waals surface area (Å²) in [4.78, 5) is 27.5. The standard InChI is InChI=1S/C18H18Cl2N4O4/c19-12-3-1-11(2-4-12)9-15(17(21)24-28-10-16(25)26)23-18(27)22-14-7-5-13(20)6-8-14/h1-8,15H,9-10H2,(H2,21,24)(H,25,26)(H2,22,23,27). The van der Waals surface area contributed by atoms with Gasteiger partial charge in [0.1, 0.15) is 0 Å². The van der Waals surface area contributed by atoms with Gasteiger partial charge in [-0.3, -0.25) is 0 Å². The van der Waals surface area contributed by atoms with Crippen LogP contribution in [0.2, 0.25) is 10.0 Å². The lowest BCUT2D eigenvalue weighted by molar-refractivity contribution is -0.142. The molecule has 5 N–H and O–H groups in total. The zero-order valence-electron chi connectivity index (χ0n) is 14.6. The molecular formula is C18H18Cl2N4O4. The number of nitrogens with one attached hydrogen (secondary N) is 2. The van der Waals surface area contributed by atoms with Gasteiger partial charge in [0.05, 0.1) is 6.04 Å². The van der Waals surface area contributed by atoms with Crippen LogP contribution in [-0.2, 0) is 16.1 Å². The Morgan fingerprint density at radius 1 is 1.07 bits per heavy atom. The van der Waals surface area contributed by atoms with Crippen LogP contribution >= 0.6 is 23.2 Å². The highest BCUT2D eigenvalue weighted by Crippen LogP contribution is 2.14. The van der Waals surface area contributed by atoms with E-state index >= 15 is 0 Å². The van der Waals surface area contributed by atoms with E-state index in [0.29, 0.717) is 15.7 Å². The van der Waals surface area contributed by atoms with Crippen molar-refractivity contribution in [1.82, 2.24) is 5.32 Å². The normalized spacial score (nSPS) is 12.1. The van der Waals surface area contributed by atoms with Gasteiger partial charge in [-0.2, -0.15) is 0 Å². The number of aliphatic carboxylic acids is 1. The maximum Gasteiger partial charge on any atom is 0.344 e. The summed E-state index contributed by atoms with van der Waals surface area (Å²) in [6.45, 7) is -0.647. The van der Waals surface area contributed by atoms with Crippen LogP contribution in [0.3, 0.4) is 0 Å². The molecule has 2 rings (SSSR count). The summed E-state index contributed by atoms with van der Waals surface area (Å²) in [6.07, 6.45) is 0.289. The summed E-state index contributed by atoms with van der Waals surface area (Å²) in [5.74, 6) is -1.28. The number of halogens is 2. The van der Waals surface area contributed by atoms with Gasteiger partial charge in [-0.15, -0.1) is 0 Å². The highest BCUT2D eigenvalue weighted by molar-refractivity contribution is 6.30. The maximum atomic E-state index is 12.3. The molecule has 0 heterocycles. The molecule has 1 unspecified atom stereocenters. The predicted octanol–water partition coefficient (Wildman–Crippen LogP) is 3.10. The van der Waals surface area contributed by atoms with Crippen molar-refractivity contribution >= 4 is 46.7 Å². The molecule has 0 aliphatic heterocycles. The number of nitrogens with zero attached hydrogens (tertiary/aromatic N) is 1. The number of carbonyl (C=O) groups is 2. The molecule has 28 heavy (non-hydrogen) atoms. The molecule has 0 fully saturated rings. The Morgan fingerprint density at radius 2 is 1.64 bits per heavy atom. The summed E-state index contributed by atoms with van der Waals surface area (Å²) in [6, 6.07) is 12.2. The number of urea groups is 1. The Morgan fingerprint density at radius 3 is 2.21 bits per heavy atom. The third-order valence-corrected chi connectivity index (χ3v) is 3.98. The zero-order chi connectivity index (χ0) is 20.5. The van der Waals surface area contributed by atoms with Crippen molar-refractivity contribution in [3.05, 3.63) is 64.1 Å². The van der Waals surface area contributed by atoms with Crippen molar-refractivity contribution in [2.75, 3.05) is 11.9 Å². The zero-order valence-corrected chi connectivity index (χ0v) is 16.1. The largest absolute Gasteiger partial charge is 0.479 e. The molecular weight excluding hydrogens is 407 g/mol. The first-order chi connectivity index (χ1) is 13.3. The quantitative estimate of drug-likeness (QED) is 0.294. The number of hydrogen-bond donors (Lipinski definition) is 4. The topological polar surface area (TPSA) is 126 Å². The number of hydrogen-bond acceptors (Lipinski definition) is 4. The van der Waals surface area contributed by atoms with E-state index < -0.39 is 24.6 Å². The Balaban J connectivity index is 2.09. The van der Waals surface area contributed by atoms with E-state index in [-0.39, 0.29) is 12.3 Å². The van der Waals surface area contributed by atoms with Gasteiger partial charge < -0.3 is 26.3 Å². The molecule has 0 saturated heterocycles. The number of amides is 2. The molecule has 2 aromatic carbocycles. The molecule has 0 aromatic heterocycles. The molecule has 0 bridgehead atoms. The number of carbonyl (C=O) groups excluding carboxylic acids is 1. The van der Waals surface area contributed by atoms with Gasteiger partial charge in [0, 0.05) is 22.2 Å². The van der Waals surface area contributed by atoms with E-state index in [1.54, 1.807) is 48.5 Å². The number of amidine groups is 1. The number of nitrogens with two attached hydrogens (primary N) is 1. The van der Waals surface area contributed by atoms with E-state index in [4.69, 9.17) is 34.0 Å². The summed E-state index contributed by atoms with van der Waals surface area (Å²) >= 11 is 11.7. The fourth-order valence-corrected chi connectivity index (χ4v) is 2.42. The monoisotopic (exact) mass is 424 g/mol. The number of oxime groups is 1. The number of carboxylic acids is 1. The summed E-state index contributed by atoms with van der Waals surface area (Å²) in [5, 5.41) is 18.6. The van der Waals surface area contributed by atoms with Crippen molar-refractivity contribution in [2.45, 2.75) is 12.5 Å². The number of benzene rings is 2. The van der Waals surface area contributed by atoms with Gasteiger partial charge in [-0.1, -0.05) is 40.5 Å². The van der Waals surface area contributed by atoms with Crippen molar-refractivity contribution in [2.24, 2.45) is 10.9 Å². The van der Waals surface area contributed by atoms with Crippen molar-refractivity contribution < 1.29 is 19.5 Å². The van der Waals surface area contributed by atoms with Crippen molar-refractivity contribution in [1.29, 1.82) is 0 Å². The molecule has 8 nitrogen and oxygen atoms in total. The SMILES string of the molecule is NC(=NOCC(=O)O)C(Cc1ccc(Cl)cc1)NC(=O)Nc1ccc(Cl)cc1. The van der Waals surface area contributed by atoms with Crippen LogP contribution < -0.4 is 16.4 Å². The molecule has 0 aliphatic rings. The summed E-state index contributed by atoms with van der Waals surface area (Å²) in [5.41, 5.74) is 7.25. The van der Waals surface area contributed by atoms with E-state index in [9.17, 15) is 9.59 Å². The van der Waals surface area contributed by atoms with Gasteiger partial charge in [0.2, 0.25) is 6.61 Å². The maximum absolute atomic E-state index is 12.3. The van der Waals surface area contributed by atoms with Crippen LogP contribution in [-0.4, -0.2) is 35.6 Å². The van der Waals surface area contributed by atoms with Crippen LogP contribution in [0.15, 0.2) is 53.7 Å². The van der Waals surface area contributed by atoms with Crippen LogP contribution in [0, 0.1) is 0 Å². The first-order valence-corrected chi connectivity index (χ1v) is 8.83. The molecule has 0 radical (unpaired) electrons. The second-order valence-electron chi connectivity index (χ2n) is 5.67. The van der Waals surface area contributed by atoms with Crippen LogP contribution in [0.25, 0.3) is 0 Å². The fourth-order valence-electron chi connectivity index (χ4n) is 2.17. The average Bonchev–Trinajstić information content (AvgIpc) is 2.64. The summed E-state index contributed by atoms with van der Waals surface area (Å²) in [7, 11) is 0.